The van der Waals surface area contributed by atoms with E-state index in [-0.39, 0.29) is 23.7 Å². The largest absolute Gasteiger partial charge is 0.493 e. The Balaban J connectivity index is 0.00000208. The number of fused-ring (bicyclic) bond motifs is 1. The fourth-order valence-corrected chi connectivity index (χ4v) is 4.04. The molecule has 1 heterocycles. The van der Waals surface area contributed by atoms with Crippen LogP contribution in [0.25, 0.3) is 0 Å². The predicted molar refractivity (Wildman–Crippen MR) is 95.9 cm³/mol. The summed E-state index contributed by atoms with van der Waals surface area (Å²) in [6, 6.07) is 5.76. The summed E-state index contributed by atoms with van der Waals surface area (Å²) in [7, 11) is 3.24. The van der Waals surface area contributed by atoms with Gasteiger partial charge >= 0.3 is 0 Å². The fraction of sp³-hybridized carbons (Fsp3) is 0.611. The van der Waals surface area contributed by atoms with Crippen molar-refractivity contribution in [2.45, 2.75) is 32.2 Å². The SMILES string of the molecule is COc1ccc(CNC(=O)[C@@]23CCCC[C@H]2CNC3)cc1OC.Cl. The number of amides is 1. The number of methoxy groups -OCH3 is 2. The van der Waals surface area contributed by atoms with Crippen molar-refractivity contribution in [1.29, 1.82) is 0 Å². The van der Waals surface area contributed by atoms with Gasteiger partial charge in [0.2, 0.25) is 5.91 Å². The third-order valence-electron chi connectivity index (χ3n) is 5.39. The maximum absolute atomic E-state index is 12.8. The van der Waals surface area contributed by atoms with E-state index in [1.807, 2.05) is 18.2 Å². The Bertz CT molecular complexity index is 581. The van der Waals surface area contributed by atoms with E-state index in [0.717, 1.165) is 37.9 Å². The highest BCUT2D eigenvalue weighted by Gasteiger charge is 2.49. The highest BCUT2D eigenvalue weighted by atomic mass is 35.5. The highest BCUT2D eigenvalue weighted by Crippen LogP contribution is 2.44. The molecule has 24 heavy (non-hydrogen) atoms. The molecule has 0 spiro atoms. The highest BCUT2D eigenvalue weighted by molar-refractivity contribution is 5.85. The Morgan fingerprint density at radius 2 is 2.08 bits per heavy atom. The molecule has 1 aromatic rings. The number of carbonyl (C=O) groups excluding carboxylic acids is 1. The summed E-state index contributed by atoms with van der Waals surface area (Å²) in [6.07, 6.45) is 4.57. The number of ether oxygens (including phenoxy) is 2. The molecular weight excluding hydrogens is 328 g/mol. The molecule has 2 fully saturated rings. The monoisotopic (exact) mass is 354 g/mol. The van der Waals surface area contributed by atoms with E-state index in [4.69, 9.17) is 9.47 Å². The van der Waals surface area contributed by atoms with E-state index in [0.29, 0.717) is 24.0 Å². The average molecular weight is 355 g/mol. The van der Waals surface area contributed by atoms with Crippen LogP contribution in [0, 0.1) is 11.3 Å². The molecule has 0 bridgehead atoms. The second-order valence-electron chi connectivity index (χ2n) is 6.60. The molecule has 0 radical (unpaired) electrons. The van der Waals surface area contributed by atoms with Crippen LogP contribution < -0.4 is 20.1 Å². The second-order valence-corrected chi connectivity index (χ2v) is 6.60. The number of hydrogen-bond donors (Lipinski definition) is 2. The number of carbonyl (C=O) groups is 1. The molecule has 1 aromatic carbocycles. The molecule has 1 aliphatic carbocycles. The van der Waals surface area contributed by atoms with Gasteiger partial charge in [-0.1, -0.05) is 18.9 Å². The van der Waals surface area contributed by atoms with Gasteiger partial charge in [0.15, 0.2) is 11.5 Å². The van der Waals surface area contributed by atoms with Gasteiger partial charge in [-0.3, -0.25) is 4.79 Å². The normalized spacial score (nSPS) is 25.3. The lowest BCUT2D eigenvalue weighted by molar-refractivity contribution is -0.134. The summed E-state index contributed by atoms with van der Waals surface area (Å²) in [4.78, 5) is 12.8. The van der Waals surface area contributed by atoms with Gasteiger partial charge in [-0.2, -0.15) is 0 Å². The van der Waals surface area contributed by atoms with Crippen molar-refractivity contribution >= 4 is 18.3 Å². The van der Waals surface area contributed by atoms with Crippen LogP contribution in [0.4, 0.5) is 0 Å². The molecule has 2 aliphatic rings. The molecule has 0 unspecified atom stereocenters. The molecule has 0 aromatic heterocycles. The van der Waals surface area contributed by atoms with Crippen molar-refractivity contribution in [3.8, 4) is 11.5 Å². The van der Waals surface area contributed by atoms with Gasteiger partial charge < -0.3 is 20.1 Å². The average Bonchev–Trinajstić information content (AvgIpc) is 3.04. The zero-order valence-electron chi connectivity index (χ0n) is 14.4. The van der Waals surface area contributed by atoms with E-state index in [2.05, 4.69) is 10.6 Å². The first kappa shape index (κ1) is 18.9. The summed E-state index contributed by atoms with van der Waals surface area (Å²) in [6.45, 7) is 2.31. The van der Waals surface area contributed by atoms with Crippen molar-refractivity contribution in [1.82, 2.24) is 10.6 Å². The quantitative estimate of drug-likeness (QED) is 0.853. The fourth-order valence-electron chi connectivity index (χ4n) is 4.04. The van der Waals surface area contributed by atoms with Gasteiger partial charge in [0.25, 0.3) is 0 Å². The van der Waals surface area contributed by atoms with Crippen LogP contribution >= 0.6 is 12.4 Å². The number of rotatable bonds is 5. The van der Waals surface area contributed by atoms with Crippen LogP contribution in [0.5, 0.6) is 11.5 Å². The summed E-state index contributed by atoms with van der Waals surface area (Å²) in [5.74, 6) is 2.08. The maximum atomic E-state index is 12.8. The van der Waals surface area contributed by atoms with E-state index >= 15 is 0 Å². The maximum Gasteiger partial charge on any atom is 0.228 e. The molecule has 2 N–H and O–H groups in total. The second kappa shape index (κ2) is 8.08. The first-order chi connectivity index (χ1) is 11.2. The van der Waals surface area contributed by atoms with Crippen molar-refractivity contribution in [3.05, 3.63) is 23.8 Å². The van der Waals surface area contributed by atoms with Crippen LogP contribution in [0.3, 0.4) is 0 Å². The summed E-state index contributed by atoms with van der Waals surface area (Å²) >= 11 is 0. The molecule has 1 saturated carbocycles. The van der Waals surface area contributed by atoms with Gasteiger partial charge in [0, 0.05) is 13.1 Å². The van der Waals surface area contributed by atoms with Crippen molar-refractivity contribution in [3.63, 3.8) is 0 Å². The Morgan fingerprint density at radius 1 is 1.29 bits per heavy atom. The summed E-state index contributed by atoms with van der Waals surface area (Å²) in [5, 5.41) is 6.56. The van der Waals surface area contributed by atoms with E-state index in [1.54, 1.807) is 14.2 Å². The molecule has 3 rings (SSSR count). The third-order valence-corrected chi connectivity index (χ3v) is 5.39. The van der Waals surface area contributed by atoms with Crippen LogP contribution in [0.1, 0.15) is 31.2 Å². The van der Waals surface area contributed by atoms with Gasteiger partial charge in [0.1, 0.15) is 0 Å². The van der Waals surface area contributed by atoms with Gasteiger partial charge in [0.05, 0.1) is 19.6 Å². The van der Waals surface area contributed by atoms with Crippen molar-refractivity contribution in [2.75, 3.05) is 27.3 Å². The lowest BCUT2D eigenvalue weighted by Crippen LogP contribution is -2.47. The first-order valence-corrected chi connectivity index (χ1v) is 8.39. The number of hydrogen-bond acceptors (Lipinski definition) is 4. The van der Waals surface area contributed by atoms with Gasteiger partial charge in [-0.05, 0) is 43.0 Å². The molecule has 6 heteroatoms. The molecular formula is C18H27ClN2O3. The minimum atomic E-state index is -0.200. The summed E-state index contributed by atoms with van der Waals surface area (Å²) < 4.78 is 10.6. The van der Waals surface area contributed by atoms with Crippen molar-refractivity contribution < 1.29 is 14.3 Å². The van der Waals surface area contributed by atoms with Crippen LogP contribution in [-0.4, -0.2) is 33.2 Å². The summed E-state index contributed by atoms with van der Waals surface area (Å²) in [5.41, 5.74) is 0.820. The van der Waals surface area contributed by atoms with Crippen LogP contribution in [0.15, 0.2) is 18.2 Å². The van der Waals surface area contributed by atoms with E-state index in [1.165, 1.54) is 6.42 Å². The van der Waals surface area contributed by atoms with Gasteiger partial charge in [-0.15, -0.1) is 12.4 Å². The minimum Gasteiger partial charge on any atom is -0.493 e. The zero-order valence-corrected chi connectivity index (χ0v) is 15.2. The predicted octanol–water partition coefficient (Wildman–Crippen LogP) is 2.52. The molecule has 5 nitrogen and oxygen atoms in total. The lowest BCUT2D eigenvalue weighted by atomic mass is 9.67. The molecule has 1 saturated heterocycles. The Hall–Kier alpha value is -1.46. The standard InChI is InChI=1S/C18H26N2O3.ClH/c1-22-15-7-6-13(9-16(15)23-2)10-20-17(21)18-8-4-3-5-14(18)11-19-12-18;/h6-7,9,14,19H,3-5,8,10-12H2,1-2H3,(H,20,21);1H/t14-,18+;/m0./s1. The molecule has 1 aliphatic heterocycles. The van der Waals surface area contributed by atoms with Gasteiger partial charge in [-0.25, -0.2) is 0 Å². The number of nitrogens with one attached hydrogen (secondary N) is 2. The third kappa shape index (κ3) is 3.47. The lowest BCUT2D eigenvalue weighted by Gasteiger charge is -2.37. The molecule has 134 valence electrons. The van der Waals surface area contributed by atoms with E-state index in [9.17, 15) is 4.79 Å². The Kier molecular flexibility index (Phi) is 6.35. The van der Waals surface area contributed by atoms with Crippen LogP contribution in [0.2, 0.25) is 0 Å². The zero-order chi connectivity index (χ0) is 16.3. The van der Waals surface area contributed by atoms with Crippen molar-refractivity contribution in [2.24, 2.45) is 11.3 Å². The van der Waals surface area contributed by atoms with Crippen LogP contribution in [-0.2, 0) is 11.3 Å². The molecule has 2 atom stereocenters. The minimum absolute atomic E-state index is 0. The first-order valence-electron chi connectivity index (χ1n) is 8.39. The Morgan fingerprint density at radius 3 is 2.83 bits per heavy atom. The molecule has 1 amide bonds. The number of halogens is 1. The Labute approximate surface area is 149 Å². The number of benzene rings is 1. The smallest absolute Gasteiger partial charge is 0.228 e. The van der Waals surface area contributed by atoms with E-state index < -0.39 is 0 Å². The topological polar surface area (TPSA) is 59.6 Å².